The zero-order chi connectivity index (χ0) is 11.9. The van der Waals surface area contributed by atoms with Crippen LogP contribution in [0.3, 0.4) is 0 Å². The van der Waals surface area contributed by atoms with Crippen molar-refractivity contribution in [2.75, 3.05) is 39.4 Å². The van der Waals surface area contributed by atoms with Crippen LogP contribution in [0.15, 0.2) is 6.33 Å². The molecule has 1 aliphatic rings. The molecule has 0 aliphatic carbocycles. The van der Waals surface area contributed by atoms with Crippen LogP contribution in [-0.4, -0.2) is 59.1 Å². The first-order valence-corrected chi connectivity index (χ1v) is 6.27. The summed E-state index contributed by atoms with van der Waals surface area (Å²) in [5, 5.41) is 11.4. The van der Waals surface area contributed by atoms with E-state index in [9.17, 15) is 0 Å². The Morgan fingerprint density at radius 1 is 1.41 bits per heavy atom. The van der Waals surface area contributed by atoms with E-state index >= 15 is 0 Å². The lowest BCUT2D eigenvalue weighted by Gasteiger charge is -2.26. The van der Waals surface area contributed by atoms with Crippen LogP contribution < -0.4 is 5.32 Å². The summed E-state index contributed by atoms with van der Waals surface area (Å²) in [6.07, 6.45) is 1.81. The van der Waals surface area contributed by atoms with Gasteiger partial charge in [-0.2, -0.15) is 0 Å². The van der Waals surface area contributed by atoms with Crippen molar-refractivity contribution in [3.63, 3.8) is 0 Å². The Morgan fingerprint density at radius 2 is 2.35 bits per heavy atom. The van der Waals surface area contributed by atoms with Crippen LogP contribution in [0.4, 0.5) is 0 Å². The quantitative estimate of drug-likeness (QED) is 0.663. The average Bonchev–Trinajstić information content (AvgIpc) is 2.81. The van der Waals surface area contributed by atoms with Crippen molar-refractivity contribution in [1.82, 2.24) is 25.0 Å². The molecule has 1 N–H and O–H groups in total. The Bertz CT molecular complexity index is 327. The van der Waals surface area contributed by atoms with Gasteiger partial charge in [0.05, 0.1) is 13.2 Å². The topological polar surface area (TPSA) is 55.2 Å². The molecule has 0 aromatic carbocycles. The number of aromatic nitrogens is 3. The summed E-state index contributed by atoms with van der Waals surface area (Å²) < 4.78 is 7.39. The van der Waals surface area contributed by atoms with Crippen LogP contribution in [0.2, 0.25) is 0 Å². The van der Waals surface area contributed by atoms with Gasteiger partial charge in [0.25, 0.3) is 0 Å². The Labute approximate surface area is 102 Å². The maximum absolute atomic E-state index is 5.26. The highest BCUT2D eigenvalue weighted by Gasteiger charge is 2.16. The fourth-order valence-electron chi connectivity index (χ4n) is 1.96. The third-order valence-corrected chi connectivity index (χ3v) is 2.95. The van der Waals surface area contributed by atoms with Crippen molar-refractivity contribution in [2.24, 2.45) is 0 Å². The lowest BCUT2D eigenvalue weighted by atomic mass is 10.3. The molecule has 96 valence electrons. The van der Waals surface area contributed by atoms with Gasteiger partial charge in [0.2, 0.25) is 0 Å². The fraction of sp³-hybridized carbons (Fsp3) is 0.818. The lowest BCUT2D eigenvalue weighted by molar-refractivity contribution is 0.147. The standard InChI is InChI=1S/C11H21N5O/c1-2-17-8-4-12-3-5-15-6-7-16-10-13-14-11(16)9-15/h10,12H,2-9H2,1H3. The molecule has 0 atom stereocenters. The number of hydrogen-bond acceptors (Lipinski definition) is 5. The second-order valence-corrected chi connectivity index (χ2v) is 4.16. The Balaban J connectivity index is 1.59. The maximum Gasteiger partial charge on any atom is 0.147 e. The summed E-state index contributed by atoms with van der Waals surface area (Å²) in [6.45, 7) is 9.59. The van der Waals surface area contributed by atoms with Crippen LogP contribution in [0, 0.1) is 0 Å². The smallest absolute Gasteiger partial charge is 0.147 e. The molecule has 1 aromatic rings. The van der Waals surface area contributed by atoms with Gasteiger partial charge in [-0.25, -0.2) is 0 Å². The fourth-order valence-corrected chi connectivity index (χ4v) is 1.96. The molecular weight excluding hydrogens is 218 g/mol. The van der Waals surface area contributed by atoms with Gasteiger partial charge in [0.15, 0.2) is 0 Å². The molecule has 0 spiro atoms. The lowest BCUT2D eigenvalue weighted by Crippen LogP contribution is -2.38. The van der Waals surface area contributed by atoms with Crippen molar-refractivity contribution in [2.45, 2.75) is 20.0 Å². The molecular formula is C11H21N5O. The van der Waals surface area contributed by atoms with Crippen LogP contribution in [0.5, 0.6) is 0 Å². The van der Waals surface area contributed by atoms with E-state index in [0.717, 1.165) is 58.3 Å². The summed E-state index contributed by atoms with van der Waals surface area (Å²) in [4.78, 5) is 2.40. The number of fused-ring (bicyclic) bond motifs is 1. The highest BCUT2D eigenvalue weighted by Crippen LogP contribution is 2.07. The summed E-state index contributed by atoms with van der Waals surface area (Å²) >= 11 is 0. The third kappa shape index (κ3) is 3.76. The van der Waals surface area contributed by atoms with E-state index in [2.05, 4.69) is 25.0 Å². The van der Waals surface area contributed by atoms with Crippen molar-refractivity contribution < 1.29 is 4.74 Å². The highest BCUT2D eigenvalue weighted by atomic mass is 16.5. The van der Waals surface area contributed by atoms with Gasteiger partial charge in [0.1, 0.15) is 12.2 Å². The van der Waals surface area contributed by atoms with Gasteiger partial charge < -0.3 is 14.6 Å². The van der Waals surface area contributed by atoms with Crippen molar-refractivity contribution in [3.05, 3.63) is 12.2 Å². The Kier molecular flexibility index (Phi) is 4.90. The minimum Gasteiger partial charge on any atom is -0.380 e. The van der Waals surface area contributed by atoms with E-state index in [1.165, 1.54) is 0 Å². The molecule has 0 saturated carbocycles. The van der Waals surface area contributed by atoms with E-state index in [4.69, 9.17) is 4.74 Å². The zero-order valence-corrected chi connectivity index (χ0v) is 10.4. The molecule has 6 heteroatoms. The first-order valence-electron chi connectivity index (χ1n) is 6.27. The molecule has 0 bridgehead atoms. The van der Waals surface area contributed by atoms with Gasteiger partial charge in [-0.05, 0) is 6.92 Å². The van der Waals surface area contributed by atoms with Crippen molar-refractivity contribution in [3.8, 4) is 0 Å². The van der Waals surface area contributed by atoms with Gasteiger partial charge in [-0.15, -0.1) is 10.2 Å². The molecule has 0 radical (unpaired) electrons. The molecule has 2 rings (SSSR count). The largest absolute Gasteiger partial charge is 0.380 e. The molecule has 0 saturated heterocycles. The summed E-state index contributed by atoms with van der Waals surface area (Å²) in [5.74, 6) is 1.07. The molecule has 1 aromatic heterocycles. The highest BCUT2D eigenvalue weighted by molar-refractivity contribution is 4.89. The first-order chi connectivity index (χ1) is 8.40. The molecule has 17 heavy (non-hydrogen) atoms. The SMILES string of the molecule is CCOCCNCCN1CCn2cnnc2C1. The number of rotatable bonds is 7. The Morgan fingerprint density at radius 3 is 3.24 bits per heavy atom. The zero-order valence-electron chi connectivity index (χ0n) is 10.4. The second-order valence-electron chi connectivity index (χ2n) is 4.16. The van der Waals surface area contributed by atoms with Gasteiger partial charge >= 0.3 is 0 Å². The summed E-state index contributed by atoms with van der Waals surface area (Å²) in [6, 6.07) is 0. The average molecular weight is 239 g/mol. The summed E-state index contributed by atoms with van der Waals surface area (Å²) in [7, 11) is 0. The number of ether oxygens (including phenoxy) is 1. The predicted octanol–water partition coefficient (Wildman–Crippen LogP) is -0.280. The summed E-state index contributed by atoms with van der Waals surface area (Å²) in [5.41, 5.74) is 0. The van der Waals surface area contributed by atoms with Gasteiger partial charge in [-0.1, -0.05) is 0 Å². The Hall–Kier alpha value is -0.980. The third-order valence-electron chi connectivity index (χ3n) is 2.95. The van der Waals surface area contributed by atoms with Crippen molar-refractivity contribution in [1.29, 1.82) is 0 Å². The van der Waals surface area contributed by atoms with Crippen LogP contribution in [-0.2, 0) is 17.8 Å². The minimum atomic E-state index is 0.795. The minimum absolute atomic E-state index is 0.795. The van der Waals surface area contributed by atoms with Gasteiger partial charge in [-0.3, -0.25) is 4.90 Å². The van der Waals surface area contributed by atoms with Gasteiger partial charge in [0, 0.05) is 39.3 Å². The molecule has 6 nitrogen and oxygen atoms in total. The number of nitrogens with zero attached hydrogens (tertiary/aromatic N) is 4. The van der Waals surface area contributed by atoms with Crippen LogP contribution >= 0.6 is 0 Å². The van der Waals surface area contributed by atoms with E-state index in [-0.39, 0.29) is 0 Å². The maximum atomic E-state index is 5.26. The van der Waals surface area contributed by atoms with Crippen LogP contribution in [0.1, 0.15) is 12.7 Å². The molecule has 2 heterocycles. The van der Waals surface area contributed by atoms with Crippen molar-refractivity contribution >= 4 is 0 Å². The number of hydrogen-bond donors (Lipinski definition) is 1. The molecule has 0 amide bonds. The first kappa shape index (κ1) is 12.5. The van der Waals surface area contributed by atoms with E-state index in [0.29, 0.717) is 0 Å². The van der Waals surface area contributed by atoms with E-state index < -0.39 is 0 Å². The van der Waals surface area contributed by atoms with Crippen LogP contribution in [0.25, 0.3) is 0 Å². The normalized spacial score (nSPS) is 16.1. The van der Waals surface area contributed by atoms with E-state index in [1.54, 1.807) is 0 Å². The monoisotopic (exact) mass is 239 g/mol. The predicted molar refractivity (Wildman–Crippen MR) is 64.7 cm³/mol. The second kappa shape index (κ2) is 6.68. The molecule has 1 aliphatic heterocycles. The molecule has 0 unspecified atom stereocenters. The van der Waals surface area contributed by atoms with E-state index in [1.807, 2.05) is 13.3 Å². The number of nitrogens with one attached hydrogen (secondary N) is 1. The molecule has 0 fully saturated rings.